The number of nitrogens with zero attached hydrogens (tertiary/aromatic N) is 2. The van der Waals surface area contributed by atoms with Gasteiger partial charge in [0.25, 0.3) is 0 Å². The molecule has 0 radical (unpaired) electrons. The Kier molecular flexibility index (Phi) is 5.58. The summed E-state index contributed by atoms with van der Waals surface area (Å²) >= 11 is 12.2. The lowest BCUT2D eigenvalue weighted by molar-refractivity contribution is 0.125. The molecule has 0 spiro atoms. The fourth-order valence-corrected chi connectivity index (χ4v) is 4.15. The first kappa shape index (κ1) is 19.3. The number of halogens is 2. The molecule has 1 aromatic heterocycles. The second-order valence-corrected chi connectivity index (χ2v) is 8.02. The summed E-state index contributed by atoms with van der Waals surface area (Å²) in [5.74, 6) is 0.828. The maximum Gasteiger partial charge on any atom is 0.144 e. The molecule has 1 aliphatic heterocycles. The highest BCUT2D eigenvalue weighted by Gasteiger charge is 2.37. The highest BCUT2D eigenvalue weighted by atomic mass is 35.5. The number of anilines is 1. The molecular weight excluding hydrogens is 391 g/mol. The van der Waals surface area contributed by atoms with Crippen LogP contribution in [0.15, 0.2) is 66.9 Å². The highest BCUT2D eigenvalue weighted by Crippen LogP contribution is 2.41. The van der Waals surface area contributed by atoms with Gasteiger partial charge in [-0.3, -0.25) is 0 Å². The van der Waals surface area contributed by atoms with Gasteiger partial charge in [0.1, 0.15) is 11.4 Å². The summed E-state index contributed by atoms with van der Waals surface area (Å²) in [4.78, 5) is 6.94. The fraction of sp³-hybridized carbons (Fsp3) is 0.261. The van der Waals surface area contributed by atoms with Crippen molar-refractivity contribution in [3.05, 3.63) is 93.6 Å². The van der Waals surface area contributed by atoms with Gasteiger partial charge in [-0.15, -0.1) is 0 Å². The van der Waals surface area contributed by atoms with Gasteiger partial charge in [0.15, 0.2) is 0 Å². The Morgan fingerprint density at radius 1 is 0.786 bits per heavy atom. The Bertz CT molecular complexity index is 890. The first-order chi connectivity index (χ1) is 13.6. The molecule has 4 rings (SSSR count). The maximum atomic E-state index is 12.2. The molecule has 2 heterocycles. The third-order valence-corrected chi connectivity index (χ3v) is 5.86. The molecule has 5 heteroatoms. The number of hydrogen-bond acceptors (Lipinski definition) is 3. The Morgan fingerprint density at radius 2 is 1.32 bits per heavy atom. The predicted octanol–water partition coefficient (Wildman–Crippen LogP) is 5.66. The van der Waals surface area contributed by atoms with Gasteiger partial charge in [-0.1, -0.05) is 53.5 Å². The molecule has 2 aromatic carbocycles. The van der Waals surface area contributed by atoms with Gasteiger partial charge >= 0.3 is 0 Å². The average molecular weight is 413 g/mol. The van der Waals surface area contributed by atoms with Gasteiger partial charge in [-0.2, -0.15) is 0 Å². The minimum Gasteiger partial charge on any atom is -0.376 e. The molecule has 0 saturated carbocycles. The minimum absolute atomic E-state index is 0.629. The van der Waals surface area contributed by atoms with E-state index in [1.165, 1.54) is 6.42 Å². The standard InChI is InChI=1S/C23H22Cl2N2O/c24-19-10-6-17(7-11-19)23(28,18-8-12-20(25)13-9-18)21-5-4-14-26-22(21)27-15-2-1-3-16-27/h4-14,28H,1-3,15-16H2. The summed E-state index contributed by atoms with van der Waals surface area (Å²) in [7, 11) is 0. The van der Waals surface area contributed by atoms with Crippen LogP contribution in [0, 0.1) is 0 Å². The Hall–Kier alpha value is -2.07. The van der Waals surface area contributed by atoms with Crippen LogP contribution in [0.4, 0.5) is 5.82 Å². The first-order valence-corrected chi connectivity index (χ1v) is 10.3. The van der Waals surface area contributed by atoms with Gasteiger partial charge < -0.3 is 10.0 Å². The number of rotatable bonds is 4. The summed E-state index contributed by atoms with van der Waals surface area (Å²) in [6.07, 6.45) is 5.29. The van der Waals surface area contributed by atoms with Crippen molar-refractivity contribution >= 4 is 29.0 Å². The summed E-state index contributed by atoms with van der Waals surface area (Å²) < 4.78 is 0. The quantitative estimate of drug-likeness (QED) is 0.599. The monoisotopic (exact) mass is 412 g/mol. The van der Waals surface area contributed by atoms with Crippen LogP contribution in [0.25, 0.3) is 0 Å². The van der Waals surface area contributed by atoms with E-state index in [0.717, 1.165) is 48.4 Å². The zero-order valence-corrected chi connectivity index (χ0v) is 17.0. The number of benzene rings is 2. The molecule has 0 aliphatic carbocycles. The van der Waals surface area contributed by atoms with Crippen LogP contribution in [0.1, 0.15) is 36.0 Å². The van der Waals surface area contributed by atoms with Crippen LogP contribution in [0.5, 0.6) is 0 Å². The SMILES string of the molecule is OC(c1ccc(Cl)cc1)(c1ccc(Cl)cc1)c1cccnc1N1CCCCC1. The van der Waals surface area contributed by atoms with Crippen LogP contribution in [0.2, 0.25) is 10.0 Å². The van der Waals surface area contributed by atoms with Crippen LogP contribution < -0.4 is 4.90 Å². The third kappa shape index (κ3) is 3.62. The Labute approximate surface area is 175 Å². The van der Waals surface area contributed by atoms with E-state index in [-0.39, 0.29) is 0 Å². The summed E-state index contributed by atoms with van der Waals surface area (Å²) in [6.45, 7) is 1.89. The molecule has 3 aromatic rings. The van der Waals surface area contributed by atoms with Crippen LogP contribution >= 0.6 is 23.2 Å². The zero-order chi connectivity index (χ0) is 19.6. The van der Waals surface area contributed by atoms with E-state index in [9.17, 15) is 5.11 Å². The minimum atomic E-state index is -1.36. The lowest BCUT2D eigenvalue weighted by Gasteiger charge is -2.36. The molecule has 3 nitrogen and oxygen atoms in total. The largest absolute Gasteiger partial charge is 0.376 e. The molecule has 0 unspecified atom stereocenters. The van der Waals surface area contributed by atoms with E-state index < -0.39 is 5.60 Å². The Morgan fingerprint density at radius 3 is 1.86 bits per heavy atom. The van der Waals surface area contributed by atoms with Crippen LogP contribution in [-0.2, 0) is 5.60 Å². The van der Waals surface area contributed by atoms with E-state index >= 15 is 0 Å². The lowest BCUT2D eigenvalue weighted by atomic mass is 9.80. The molecular formula is C23H22Cl2N2O. The molecule has 1 saturated heterocycles. The highest BCUT2D eigenvalue weighted by molar-refractivity contribution is 6.30. The zero-order valence-electron chi connectivity index (χ0n) is 15.5. The van der Waals surface area contributed by atoms with Crippen molar-refractivity contribution in [1.82, 2.24) is 4.98 Å². The summed E-state index contributed by atoms with van der Waals surface area (Å²) in [5.41, 5.74) is 0.883. The van der Waals surface area contributed by atoms with Crippen LogP contribution in [-0.4, -0.2) is 23.2 Å². The van der Waals surface area contributed by atoms with Crippen molar-refractivity contribution in [2.45, 2.75) is 24.9 Å². The van der Waals surface area contributed by atoms with E-state index in [1.54, 1.807) is 30.5 Å². The molecule has 28 heavy (non-hydrogen) atoms. The van der Waals surface area contributed by atoms with Crippen molar-refractivity contribution in [2.24, 2.45) is 0 Å². The van der Waals surface area contributed by atoms with Gasteiger partial charge in [0.05, 0.1) is 0 Å². The first-order valence-electron chi connectivity index (χ1n) is 9.54. The van der Waals surface area contributed by atoms with E-state index in [2.05, 4.69) is 9.88 Å². The third-order valence-electron chi connectivity index (χ3n) is 5.36. The molecule has 144 valence electrons. The molecule has 1 N–H and O–H groups in total. The number of hydrogen-bond donors (Lipinski definition) is 1. The van der Waals surface area contributed by atoms with Crippen LogP contribution in [0.3, 0.4) is 0 Å². The second-order valence-electron chi connectivity index (χ2n) is 7.15. The lowest BCUT2D eigenvalue weighted by Crippen LogP contribution is -2.36. The van der Waals surface area contributed by atoms with Crippen molar-refractivity contribution in [3.8, 4) is 0 Å². The van der Waals surface area contributed by atoms with Gasteiger partial charge in [-0.25, -0.2) is 4.98 Å². The van der Waals surface area contributed by atoms with Crippen molar-refractivity contribution in [1.29, 1.82) is 0 Å². The normalized spacial score (nSPS) is 14.9. The van der Waals surface area contributed by atoms with E-state index in [1.807, 2.05) is 36.4 Å². The van der Waals surface area contributed by atoms with Crippen molar-refractivity contribution < 1.29 is 5.11 Å². The predicted molar refractivity (Wildman–Crippen MR) is 115 cm³/mol. The molecule has 0 bridgehead atoms. The Balaban J connectivity index is 1.91. The maximum absolute atomic E-state index is 12.2. The van der Waals surface area contributed by atoms with Gasteiger partial charge in [0.2, 0.25) is 0 Å². The summed E-state index contributed by atoms with van der Waals surface area (Å²) in [5, 5.41) is 13.4. The number of aromatic nitrogens is 1. The fourth-order valence-electron chi connectivity index (χ4n) is 3.90. The van der Waals surface area contributed by atoms with Gasteiger partial charge in [0, 0.05) is 34.9 Å². The molecule has 0 amide bonds. The summed E-state index contributed by atoms with van der Waals surface area (Å²) in [6, 6.07) is 18.5. The number of pyridine rings is 1. The van der Waals surface area contributed by atoms with Crippen molar-refractivity contribution in [2.75, 3.05) is 18.0 Å². The number of piperidine rings is 1. The average Bonchev–Trinajstić information content (AvgIpc) is 2.75. The molecule has 1 aliphatic rings. The molecule has 1 fully saturated rings. The number of aliphatic hydroxyl groups is 1. The van der Waals surface area contributed by atoms with Crippen molar-refractivity contribution in [3.63, 3.8) is 0 Å². The van der Waals surface area contributed by atoms with Gasteiger partial charge in [-0.05, 0) is 60.7 Å². The van der Waals surface area contributed by atoms with E-state index in [0.29, 0.717) is 10.0 Å². The second kappa shape index (κ2) is 8.12. The smallest absolute Gasteiger partial charge is 0.144 e. The molecule has 0 atom stereocenters. The topological polar surface area (TPSA) is 36.4 Å². The van der Waals surface area contributed by atoms with E-state index in [4.69, 9.17) is 23.2 Å².